The van der Waals surface area contributed by atoms with Gasteiger partial charge in [0.05, 0.1) is 5.56 Å². The van der Waals surface area contributed by atoms with Crippen LogP contribution in [0.5, 0.6) is 0 Å². The van der Waals surface area contributed by atoms with Crippen molar-refractivity contribution < 1.29 is 9.32 Å². The number of hydrogen-bond donors (Lipinski definition) is 1. The van der Waals surface area contributed by atoms with Crippen molar-refractivity contribution in [3.8, 4) is 0 Å². The predicted molar refractivity (Wildman–Crippen MR) is 104 cm³/mol. The van der Waals surface area contributed by atoms with Gasteiger partial charge < -0.3 is 14.7 Å². The van der Waals surface area contributed by atoms with Gasteiger partial charge in [-0.1, -0.05) is 30.8 Å². The minimum absolute atomic E-state index is 0.141. The van der Waals surface area contributed by atoms with Gasteiger partial charge in [0.15, 0.2) is 5.82 Å². The number of hydrogen-bond acceptors (Lipinski definition) is 6. The SMILES string of the molecule is CCN(CC)c1ccc(C(=O)NC2(c3noc(C)n3)CCCCCC2)cn1. The Hall–Kier alpha value is -2.44. The van der Waals surface area contributed by atoms with E-state index in [4.69, 9.17) is 4.52 Å². The molecule has 0 unspecified atom stereocenters. The van der Waals surface area contributed by atoms with Crippen molar-refractivity contribution in [2.75, 3.05) is 18.0 Å². The highest BCUT2D eigenvalue weighted by atomic mass is 16.5. The van der Waals surface area contributed by atoms with Gasteiger partial charge in [-0.05, 0) is 38.8 Å². The number of carbonyl (C=O) groups excluding carboxylic acids is 1. The van der Waals surface area contributed by atoms with Gasteiger partial charge in [-0.15, -0.1) is 0 Å². The number of anilines is 1. The van der Waals surface area contributed by atoms with Crippen molar-refractivity contribution in [1.82, 2.24) is 20.4 Å². The summed E-state index contributed by atoms with van der Waals surface area (Å²) in [6.07, 6.45) is 7.68. The van der Waals surface area contributed by atoms with Crippen LogP contribution < -0.4 is 10.2 Å². The van der Waals surface area contributed by atoms with Crippen molar-refractivity contribution in [3.05, 3.63) is 35.6 Å². The van der Waals surface area contributed by atoms with Crippen molar-refractivity contribution in [2.24, 2.45) is 0 Å². The van der Waals surface area contributed by atoms with Crippen LogP contribution in [-0.2, 0) is 5.54 Å². The molecular formula is C20H29N5O2. The number of nitrogens with one attached hydrogen (secondary N) is 1. The highest BCUT2D eigenvalue weighted by Crippen LogP contribution is 2.35. The summed E-state index contributed by atoms with van der Waals surface area (Å²) in [5.74, 6) is 1.85. The highest BCUT2D eigenvalue weighted by molar-refractivity contribution is 5.94. The Labute approximate surface area is 160 Å². The summed E-state index contributed by atoms with van der Waals surface area (Å²) in [5, 5.41) is 7.35. The first-order valence-corrected chi connectivity index (χ1v) is 9.92. The van der Waals surface area contributed by atoms with Gasteiger partial charge in [0, 0.05) is 26.2 Å². The van der Waals surface area contributed by atoms with Gasteiger partial charge in [-0.3, -0.25) is 4.79 Å². The molecule has 1 N–H and O–H groups in total. The molecule has 0 spiro atoms. The topological polar surface area (TPSA) is 84.2 Å². The van der Waals surface area contributed by atoms with Crippen molar-refractivity contribution in [1.29, 1.82) is 0 Å². The molecule has 2 aromatic heterocycles. The van der Waals surface area contributed by atoms with E-state index in [1.165, 1.54) is 0 Å². The molecule has 7 nitrogen and oxygen atoms in total. The lowest BCUT2D eigenvalue weighted by molar-refractivity contribution is 0.0876. The van der Waals surface area contributed by atoms with Crippen LogP contribution in [-0.4, -0.2) is 34.1 Å². The van der Waals surface area contributed by atoms with E-state index >= 15 is 0 Å². The molecule has 1 saturated carbocycles. The third kappa shape index (κ3) is 4.28. The van der Waals surface area contributed by atoms with Gasteiger partial charge in [0.25, 0.3) is 5.91 Å². The number of aromatic nitrogens is 3. The van der Waals surface area contributed by atoms with Gasteiger partial charge in [0.1, 0.15) is 11.4 Å². The largest absolute Gasteiger partial charge is 0.357 e. The second-order valence-electron chi connectivity index (χ2n) is 7.16. The number of rotatable bonds is 6. The normalized spacial score (nSPS) is 16.6. The fraction of sp³-hybridized carbons (Fsp3) is 0.600. The maximum absolute atomic E-state index is 13.0. The zero-order chi connectivity index (χ0) is 19.3. The molecule has 1 amide bonds. The molecule has 7 heteroatoms. The second kappa shape index (κ2) is 8.50. The number of amides is 1. The van der Waals surface area contributed by atoms with E-state index in [1.807, 2.05) is 12.1 Å². The summed E-state index contributed by atoms with van der Waals surface area (Å²) >= 11 is 0. The first kappa shape index (κ1) is 19.3. The Balaban J connectivity index is 1.82. The molecule has 3 rings (SSSR count). The Morgan fingerprint density at radius 2 is 1.89 bits per heavy atom. The van der Waals surface area contributed by atoms with Crippen LogP contribution >= 0.6 is 0 Å². The van der Waals surface area contributed by atoms with E-state index in [0.717, 1.165) is 57.4 Å². The number of nitrogens with zero attached hydrogens (tertiary/aromatic N) is 4. The van der Waals surface area contributed by atoms with E-state index in [-0.39, 0.29) is 5.91 Å². The average molecular weight is 371 g/mol. The maximum atomic E-state index is 13.0. The summed E-state index contributed by atoms with van der Waals surface area (Å²) < 4.78 is 5.21. The zero-order valence-electron chi connectivity index (χ0n) is 16.5. The molecule has 0 radical (unpaired) electrons. The van der Waals surface area contributed by atoms with Crippen LogP contribution in [0.3, 0.4) is 0 Å². The summed E-state index contributed by atoms with van der Waals surface area (Å²) in [7, 11) is 0. The molecule has 2 heterocycles. The standard InChI is InChI=1S/C20H29N5O2/c1-4-25(5-2)17-11-10-16(14-21-17)18(26)23-20(12-8-6-7-9-13-20)19-22-15(3)27-24-19/h10-11,14H,4-9,12-13H2,1-3H3,(H,23,26). The number of carbonyl (C=O) groups is 1. The Morgan fingerprint density at radius 1 is 1.19 bits per heavy atom. The molecule has 27 heavy (non-hydrogen) atoms. The minimum Gasteiger partial charge on any atom is -0.357 e. The number of aryl methyl sites for hydroxylation is 1. The monoisotopic (exact) mass is 371 g/mol. The quantitative estimate of drug-likeness (QED) is 0.781. The second-order valence-corrected chi connectivity index (χ2v) is 7.16. The molecular weight excluding hydrogens is 342 g/mol. The van der Waals surface area contributed by atoms with E-state index in [9.17, 15) is 4.79 Å². The van der Waals surface area contributed by atoms with Crippen LogP contribution in [0, 0.1) is 6.92 Å². The third-order valence-electron chi connectivity index (χ3n) is 5.36. The lowest BCUT2D eigenvalue weighted by Crippen LogP contribution is -2.46. The van der Waals surface area contributed by atoms with E-state index in [1.54, 1.807) is 13.1 Å². The maximum Gasteiger partial charge on any atom is 0.253 e. The van der Waals surface area contributed by atoms with Gasteiger partial charge in [-0.2, -0.15) is 4.98 Å². The molecule has 1 aliphatic carbocycles. The van der Waals surface area contributed by atoms with Crippen molar-refractivity contribution in [3.63, 3.8) is 0 Å². The highest BCUT2D eigenvalue weighted by Gasteiger charge is 2.39. The molecule has 0 aliphatic heterocycles. The Bertz CT molecular complexity index is 744. The van der Waals surface area contributed by atoms with Crippen LogP contribution in [0.4, 0.5) is 5.82 Å². The predicted octanol–water partition coefficient (Wildman–Crippen LogP) is 3.60. The van der Waals surface area contributed by atoms with Crippen LogP contribution in [0.25, 0.3) is 0 Å². The molecule has 0 bridgehead atoms. The van der Waals surface area contributed by atoms with E-state index in [0.29, 0.717) is 17.3 Å². The summed E-state index contributed by atoms with van der Waals surface area (Å²) in [5.41, 5.74) is -0.0159. The molecule has 1 fully saturated rings. The zero-order valence-corrected chi connectivity index (χ0v) is 16.5. The first-order chi connectivity index (χ1) is 13.1. The number of pyridine rings is 1. The summed E-state index contributed by atoms with van der Waals surface area (Å²) in [6.45, 7) is 7.73. The molecule has 1 aliphatic rings. The first-order valence-electron chi connectivity index (χ1n) is 9.92. The van der Waals surface area contributed by atoms with Crippen molar-refractivity contribution >= 4 is 11.7 Å². The van der Waals surface area contributed by atoms with Gasteiger partial charge in [-0.25, -0.2) is 4.98 Å². The Morgan fingerprint density at radius 3 is 2.41 bits per heavy atom. The minimum atomic E-state index is -0.567. The third-order valence-corrected chi connectivity index (χ3v) is 5.36. The van der Waals surface area contributed by atoms with E-state index in [2.05, 4.69) is 39.2 Å². The van der Waals surface area contributed by atoms with Crippen LogP contribution in [0.1, 0.15) is 74.4 Å². The smallest absolute Gasteiger partial charge is 0.253 e. The molecule has 2 aromatic rings. The van der Waals surface area contributed by atoms with Crippen LogP contribution in [0.2, 0.25) is 0 Å². The molecule has 0 aromatic carbocycles. The Kier molecular flexibility index (Phi) is 6.08. The molecule has 0 saturated heterocycles. The van der Waals surface area contributed by atoms with Crippen LogP contribution in [0.15, 0.2) is 22.9 Å². The lowest BCUT2D eigenvalue weighted by Gasteiger charge is -2.30. The molecule has 146 valence electrons. The molecule has 0 atom stereocenters. The van der Waals surface area contributed by atoms with E-state index < -0.39 is 5.54 Å². The fourth-order valence-electron chi connectivity index (χ4n) is 3.77. The fourth-order valence-corrected chi connectivity index (χ4v) is 3.77. The summed E-state index contributed by atoms with van der Waals surface area (Å²) in [6, 6.07) is 3.74. The van der Waals surface area contributed by atoms with Crippen molar-refractivity contribution in [2.45, 2.75) is 64.8 Å². The average Bonchev–Trinajstić information content (AvgIpc) is 2.99. The summed E-state index contributed by atoms with van der Waals surface area (Å²) in [4.78, 5) is 24.0. The van der Waals surface area contributed by atoms with Gasteiger partial charge >= 0.3 is 0 Å². The lowest BCUT2D eigenvalue weighted by atomic mass is 9.88. The van der Waals surface area contributed by atoms with Gasteiger partial charge in [0.2, 0.25) is 5.89 Å².